The largest absolute Gasteiger partial charge is 0.350 e. The van der Waals surface area contributed by atoms with Crippen LogP contribution in [0.5, 0.6) is 0 Å². The predicted molar refractivity (Wildman–Crippen MR) is 83.3 cm³/mol. The molecule has 1 aromatic rings. The SMILES string of the molecule is CCC(C)CC(C)NC(=O)c1ccc(C#CCN)c(F)c1. The average molecular weight is 290 g/mol. The Bertz CT molecular complexity index is 545. The first kappa shape index (κ1) is 17.2. The summed E-state index contributed by atoms with van der Waals surface area (Å²) < 4.78 is 13.8. The molecule has 0 heterocycles. The van der Waals surface area contributed by atoms with Crippen molar-refractivity contribution in [3.8, 4) is 11.8 Å². The van der Waals surface area contributed by atoms with Crippen molar-refractivity contribution in [2.45, 2.75) is 39.7 Å². The van der Waals surface area contributed by atoms with E-state index < -0.39 is 5.82 Å². The molecule has 1 rings (SSSR count). The molecule has 0 aromatic heterocycles. The second-order valence-electron chi connectivity index (χ2n) is 5.32. The van der Waals surface area contributed by atoms with Gasteiger partial charge >= 0.3 is 0 Å². The third-order valence-electron chi connectivity index (χ3n) is 3.39. The summed E-state index contributed by atoms with van der Waals surface area (Å²) in [6.07, 6.45) is 1.98. The predicted octanol–water partition coefficient (Wildman–Crippen LogP) is 2.69. The molecule has 3 N–H and O–H groups in total. The van der Waals surface area contributed by atoms with Gasteiger partial charge in [0, 0.05) is 11.6 Å². The highest BCUT2D eigenvalue weighted by atomic mass is 19.1. The molecule has 114 valence electrons. The maximum atomic E-state index is 13.8. The monoisotopic (exact) mass is 290 g/mol. The highest BCUT2D eigenvalue weighted by Crippen LogP contribution is 2.12. The summed E-state index contributed by atoms with van der Waals surface area (Å²) in [7, 11) is 0. The van der Waals surface area contributed by atoms with E-state index in [1.807, 2.05) is 6.92 Å². The molecule has 0 saturated carbocycles. The van der Waals surface area contributed by atoms with Gasteiger partial charge in [0.05, 0.1) is 12.1 Å². The topological polar surface area (TPSA) is 55.1 Å². The molecule has 0 fully saturated rings. The fourth-order valence-electron chi connectivity index (χ4n) is 2.04. The van der Waals surface area contributed by atoms with Crippen LogP contribution in [-0.4, -0.2) is 18.5 Å². The maximum absolute atomic E-state index is 13.8. The first-order valence-corrected chi connectivity index (χ1v) is 7.27. The molecule has 1 aromatic carbocycles. The van der Waals surface area contributed by atoms with Crippen molar-refractivity contribution in [3.05, 3.63) is 35.1 Å². The Kier molecular flexibility index (Phi) is 6.90. The Labute approximate surface area is 126 Å². The van der Waals surface area contributed by atoms with E-state index >= 15 is 0 Å². The zero-order chi connectivity index (χ0) is 15.8. The van der Waals surface area contributed by atoms with Gasteiger partial charge in [-0.3, -0.25) is 4.79 Å². The van der Waals surface area contributed by atoms with Gasteiger partial charge in [-0.1, -0.05) is 32.1 Å². The number of halogens is 1. The number of carbonyl (C=O) groups is 1. The van der Waals surface area contributed by atoms with Crippen LogP contribution in [0.3, 0.4) is 0 Å². The molecule has 2 atom stereocenters. The van der Waals surface area contributed by atoms with E-state index in [2.05, 4.69) is 31.0 Å². The standard InChI is InChI=1S/C17H23FN2O/c1-4-12(2)10-13(3)20-17(21)15-8-7-14(6-5-9-19)16(18)11-15/h7-8,11-13H,4,9-10,19H2,1-3H3,(H,20,21). The highest BCUT2D eigenvalue weighted by Gasteiger charge is 2.13. The first-order chi connectivity index (χ1) is 9.97. The lowest BCUT2D eigenvalue weighted by Gasteiger charge is -2.17. The summed E-state index contributed by atoms with van der Waals surface area (Å²) in [5.74, 6) is 5.01. The third kappa shape index (κ3) is 5.57. The first-order valence-electron chi connectivity index (χ1n) is 7.27. The summed E-state index contributed by atoms with van der Waals surface area (Å²) in [5.41, 5.74) is 5.81. The molecule has 0 spiro atoms. The zero-order valence-electron chi connectivity index (χ0n) is 12.9. The van der Waals surface area contributed by atoms with Crippen molar-refractivity contribution in [1.82, 2.24) is 5.32 Å². The lowest BCUT2D eigenvalue weighted by Crippen LogP contribution is -2.33. The fraction of sp³-hybridized carbons (Fsp3) is 0.471. The molecular formula is C17H23FN2O. The summed E-state index contributed by atoms with van der Waals surface area (Å²) in [6.45, 7) is 6.40. The second-order valence-corrected chi connectivity index (χ2v) is 5.32. The molecule has 0 aliphatic rings. The number of amides is 1. The van der Waals surface area contributed by atoms with Crippen molar-refractivity contribution >= 4 is 5.91 Å². The number of nitrogens with two attached hydrogens (primary N) is 1. The normalized spacial score (nSPS) is 13.0. The van der Waals surface area contributed by atoms with Gasteiger partial charge in [0.1, 0.15) is 5.82 Å². The van der Waals surface area contributed by atoms with Crippen LogP contribution < -0.4 is 11.1 Å². The summed E-state index contributed by atoms with van der Waals surface area (Å²) in [5, 5.41) is 2.89. The number of nitrogens with one attached hydrogen (secondary N) is 1. The number of benzene rings is 1. The van der Waals surface area contributed by atoms with Gasteiger partial charge in [-0.25, -0.2) is 4.39 Å². The maximum Gasteiger partial charge on any atom is 0.251 e. The van der Waals surface area contributed by atoms with E-state index in [9.17, 15) is 9.18 Å². The number of carbonyl (C=O) groups excluding carboxylic acids is 1. The van der Waals surface area contributed by atoms with Gasteiger partial charge < -0.3 is 11.1 Å². The van der Waals surface area contributed by atoms with Gasteiger partial charge in [-0.05, 0) is 37.5 Å². The van der Waals surface area contributed by atoms with Crippen LogP contribution >= 0.6 is 0 Å². The van der Waals surface area contributed by atoms with Crippen molar-refractivity contribution < 1.29 is 9.18 Å². The Morgan fingerprint density at radius 2 is 2.14 bits per heavy atom. The van der Waals surface area contributed by atoms with E-state index in [0.29, 0.717) is 11.5 Å². The molecule has 0 radical (unpaired) electrons. The molecule has 0 aliphatic carbocycles. The Hall–Kier alpha value is -1.86. The second kappa shape index (κ2) is 8.43. The molecule has 0 aliphatic heterocycles. The molecular weight excluding hydrogens is 267 g/mol. The third-order valence-corrected chi connectivity index (χ3v) is 3.39. The van der Waals surface area contributed by atoms with Crippen molar-refractivity contribution in [1.29, 1.82) is 0 Å². The van der Waals surface area contributed by atoms with Crippen molar-refractivity contribution in [2.24, 2.45) is 11.7 Å². The number of hydrogen-bond acceptors (Lipinski definition) is 2. The van der Waals surface area contributed by atoms with Crippen LogP contribution in [-0.2, 0) is 0 Å². The van der Waals surface area contributed by atoms with E-state index in [0.717, 1.165) is 12.8 Å². The van der Waals surface area contributed by atoms with Crippen LogP contribution in [0.15, 0.2) is 18.2 Å². The summed E-state index contributed by atoms with van der Waals surface area (Å²) >= 11 is 0. The minimum Gasteiger partial charge on any atom is -0.350 e. The van der Waals surface area contributed by atoms with Crippen molar-refractivity contribution in [3.63, 3.8) is 0 Å². The van der Waals surface area contributed by atoms with Crippen LogP contribution in [0.2, 0.25) is 0 Å². The van der Waals surface area contributed by atoms with Gasteiger partial charge in [-0.15, -0.1) is 0 Å². The van der Waals surface area contributed by atoms with Crippen LogP contribution in [0, 0.1) is 23.6 Å². The van der Waals surface area contributed by atoms with Gasteiger partial charge in [0.15, 0.2) is 0 Å². The molecule has 0 bridgehead atoms. The Morgan fingerprint density at radius 3 is 2.71 bits per heavy atom. The van der Waals surface area contributed by atoms with Crippen LogP contribution in [0.25, 0.3) is 0 Å². The van der Waals surface area contributed by atoms with Gasteiger partial charge in [-0.2, -0.15) is 0 Å². The molecule has 3 nitrogen and oxygen atoms in total. The minimum absolute atomic E-state index is 0.0622. The molecule has 1 amide bonds. The Balaban J connectivity index is 2.73. The van der Waals surface area contributed by atoms with Crippen LogP contribution in [0.4, 0.5) is 4.39 Å². The van der Waals surface area contributed by atoms with Gasteiger partial charge in [0.2, 0.25) is 0 Å². The van der Waals surface area contributed by atoms with Crippen molar-refractivity contribution in [2.75, 3.05) is 6.54 Å². The molecule has 0 saturated heterocycles. The van der Waals surface area contributed by atoms with Crippen LogP contribution in [0.1, 0.15) is 49.5 Å². The Morgan fingerprint density at radius 1 is 1.43 bits per heavy atom. The quantitative estimate of drug-likeness (QED) is 0.819. The average Bonchev–Trinajstić information content (AvgIpc) is 2.45. The van der Waals surface area contributed by atoms with Gasteiger partial charge in [0.25, 0.3) is 5.91 Å². The zero-order valence-corrected chi connectivity index (χ0v) is 12.9. The van der Waals surface area contributed by atoms with E-state index in [1.54, 1.807) is 6.07 Å². The molecule has 21 heavy (non-hydrogen) atoms. The fourth-order valence-corrected chi connectivity index (χ4v) is 2.04. The lowest BCUT2D eigenvalue weighted by molar-refractivity contribution is 0.0935. The van der Waals surface area contributed by atoms with E-state index in [1.165, 1.54) is 12.1 Å². The smallest absolute Gasteiger partial charge is 0.251 e. The molecule has 2 unspecified atom stereocenters. The van der Waals surface area contributed by atoms with E-state index in [-0.39, 0.29) is 24.1 Å². The minimum atomic E-state index is -0.502. The summed E-state index contributed by atoms with van der Waals surface area (Å²) in [6, 6.07) is 4.36. The summed E-state index contributed by atoms with van der Waals surface area (Å²) in [4.78, 5) is 12.1. The molecule has 4 heteroatoms. The number of hydrogen-bond donors (Lipinski definition) is 2. The van der Waals surface area contributed by atoms with E-state index in [4.69, 9.17) is 5.73 Å². The lowest BCUT2D eigenvalue weighted by atomic mass is 10.00. The highest BCUT2D eigenvalue weighted by molar-refractivity contribution is 5.94. The number of rotatable bonds is 5.